The molecule has 0 amide bonds. The summed E-state index contributed by atoms with van der Waals surface area (Å²) >= 11 is 0. The number of rotatable bonds is 8. The molecule has 1 aromatic carbocycles. The molecule has 1 atom stereocenters. The summed E-state index contributed by atoms with van der Waals surface area (Å²) in [5.74, 6) is 1.61. The molecule has 3 rings (SSSR count). The van der Waals surface area contributed by atoms with E-state index in [9.17, 15) is 10.1 Å². The van der Waals surface area contributed by atoms with Crippen LogP contribution in [0, 0.1) is 10.1 Å². The van der Waals surface area contributed by atoms with Crippen molar-refractivity contribution in [3.8, 4) is 5.75 Å². The summed E-state index contributed by atoms with van der Waals surface area (Å²) in [6.45, 7) is 5.51. The average molecular weight is 401 g/mol. The predicted octanol–water partition coefficient (Wildman–Crippen LogP) is 1.63. The maximum absolute atomic E-state index is 10.7. The van der Waals surface area contributed by atoms with E-state index in [1.54, 1.807) is 7.11 Å². The summed E-state index contributed by atoms with van der Waals surface area (Å²) in [5.41, 5.74) is 1.09. The highest BCUT2D eigenvalue weighted by Gasteiger charge is 2.25. The monoisotopic (exact) mass is 401 g/mol. The molecule has 29 heavy (non-hydrogen) atoms. The Bertz CT molecular complexity index is 852. The first-order chi connectivity index (χ1) is 14.1. The lowest BCUT2D eigenvalue weighted by atomic mass is 10.2. The third-order valence-corrected chi connectivity index (χ3v) is 4.73. The fourth-order valence-electron chi connectivity index (χ4n) is 3.33. The number of anilines is 1. The van der Waals surface area contributed by atoms with E-state index >= 15 is 0 Å². The number of guanidine groups is 1. The Balaban J connectivity index is 1.55. The number of aliphatic imine (C=N–C) groups is 1. The fraction of sp³-hybridized carbons (Fsp3) is 0.474. The third-order valence-electron chi connectivity index (χ3n) is 4.73. The molecule has 156 valence electrons. The first-order valence-corrected chi connectivity index (χ1v) is 9.70. The van der Waals surface area contributed by atoms with Gasteiger partial charge in [0.15, 0.2) is 5.96 Å². The molecule has 1 saturated heterocycles. The van der Waals surface area contributed by atoms with Crippen LogP contribution in [-0.2, 0) is 6.54 Å². The number of methoxy groups -OCH3 is 1. The molecule has 1 aliphatic rings. The number of benzene rings is 1. The first kappa shape index (κ1) is 20.4. The first-order valence-electron chi connectivity index (χ1n) is 9.70. The minimum Gasteiger partial charge on any atom is -0.495 e. The van der Waals surface area contributed by atoms with Gasteiger partial charge in [0, 0.05) is 25.7 Å². The van der Waals surface area contributed by atoms with Crippen molar-refractivity contribution < 1.29 is 9.66 Å². The van der Waals surface area contributed by atoms with Crippen LogP contribution < -0.4 is 20.3 Å². The van der Waals surface area contributed by atoms with E-state index in [-0.39, 0.29) is 11.7 Å². The molecule has 10 heteroatoms. The zero-order valence-electron chi connectivity index (χ0n) is 16.7. The largest absolute Gasteiger partial charge is 0.495 e. The lowest BCUT2D eigenvalue weighted by Crippen LogP contribution is -2.44. The van der Waals surface area contributed by atoms with Crippen molar-refractivity contribution in [1.29, 1.82) is 0 Å². The van der Waals surface area contributed by atoms with Crippen molar-refractivity contribution >= 4 is 17.3 Å². The fourth-order valence-corrected chi connectivity index (χ4v) is 3.33. The molecule has 2 N–H and O–H groups in total. The van der Waals surface area contributed by atoms with Gasteiger partial charge in [0.05, 0.1) is 30.8 Å². The number of para-hydroxylation sites is 2. The minimum atomic E-state index is -0.452. The van der Waals surface area contributed by atoms with Gasteiger partial charge in [-0.1, -0.05) is 12.1 Å². The molecule has 0 bridgehead atoms. The second kappa shape index (κ2) is 9.76. The van der Waals surface area contributed by atoms with Crippen molar-refractivity contribution in [2.45, 2.75) is 25.9 Å². The molecule has 1 aliphatic heterocycles. The van der Waals surface area contributed by atoms with E-state index in [1.807, 2.05) is 25.1 Å². The van der Waals surface area contributed by atoms with Gasteiger partial charge in [-0.2, -0.15) is 5.10 Å². The molecule has 1 unspecified atom stereocenters. The quantitative estimate of drug-likeness (QED) is 0.299. The standard InChI is InChI=1S/C19H27N7O3/c1-3-20-19(21-9-11-25-14-16(12-22-25)26(27)28)23-15-8-10-24(13-15)17-6-4-5-7-18(17)29-2/h4-7,12,14-15H,3,8-11,13H2,1-2H3,(H2,20,21,23). The summed E-state index contributed by atoms with van der Waals surface area (Å²) in [6, 6.07) is 8.30. The van der Waals surface area contributed by atoms with Crippen molar-refractivity contribution in [1.82, 2.24) is 20.4 Å². The van der Waals surface area contributed by atoms with Crippen molar-refractivity contribution in [2.75, 3.05) is 38.2 Å². The molecule has 1 aromatic heterocycles. The highest BCUT2D eigenvalue weighted by atomic mass is 16.6. The van der Waals surface area contributed by atoms with Crippen LogP contribution in [0.25, 0.3) is 0 Å². The Morgan fingerprint density at radius 3 is 3.00 bits per heavy atom. The second-order valence-electron chi connectivity index (χ2n) is 6.73. The van der Waals surface area contributed by atoms with Gasteiger partial charge < -0.3 is 20.3 Å². The molecule has 2 heterocycles. The summed E-state index contributed by atoms with van der Waals surface area (Å²) in [4.78, 5) is 17.2. The van der Waals surface area contributed by atoms with Crippen molar-refractivity contribution in [3.05, 3.63) is 46.8 Å². The molecule has 10 nitrogen and oxygen atoms in total. The highest BCUT2D eigenvalue weighted by Crippen LogP contribution is 2.30. The van der Waals surface area contributed by atoms with Crippen LogP contribution in [0.2, 0.25) is 0 Å². The van der Waals surface area contributed by atoms with Crippen LogP contribution in [0.5, 0.6) is 5.75 Å². The Morgan fingerprint density at radius 1 is 1.45 bits per heavy atom. The summed E-state index contributed by atoms with van der Waals surface area (Å²) in [6.07, 6.45) is 3.66. The molecular weight excluding hydrogens is 374 g/mol. The molecule has 0 aliphatic carbocycles. The van der Waals surface area contributed by atoms with Gasteiger partial charge in [0.1, 0.15) is 18.1 Å². The molecule has 2 aromatic rings. The summed E-state index contributed by atoms with van der Waals surface area (Å²) in [5, 5.41) is 21.5. The Labute approximate surface area is 169 Å². The molecule has 0 spiro atoms. The van der Waals surface area contributed by atoms with E-state index in [2.05, 4.69) is 31.7 Å². The number of nitro groups is 1. The van der Waals surface area contributed by atoms with Gasteiger partial charge in [-0.15, -0.1) is 0 Å². The zero-order valence-corrected chi connectivity index (χ0v) is 16.7. The van der Waals surface area contributed by atoms with Crippen molar-refractivity contribution in [2.24, 2.45) is 4.99 Å². The van der Waals surface area contributed by atoms with Crippen LogP contribution in [0.3, 0.4) is 0 Å². The van der Waals surface area contributed by atoms with E-state index in [0.29, 0.717) is 13.1 Å². The van der Waals surface area contributed by atoms with Crippen LogP contribution in [0.15, 0.2) is 41.7 Å². The lowest BCUT2D eigenvalue weighted by molar-refractivity contribution is -0.385. The van der Waals surface area contributed by atoms with Gasteiger partial charge in [-0.25, -0.2) is 0 Å². The average Bonchev–Trinajstić information content (AvgIpc) is 3.38. The van der Waals surface area contributed by atoms with Gasteiger partial charge in [0.2, 0.25) is 0 Å². The van der Waals surface area contributed by atoms with Crippen LogP contribution >= 0.6 is 0 Å². The zero-order chi connectivity index (χ0) is 20.6. The molecule has 0 radical (unpaired) electrons. The number of ether oxygens (including phenoxy) is 1. The molecular formula is C19H27N7O3. The lowest BCUT2D eigenvalue weighted by Gasteiger charge is -2.22. The number of aromatic nitrogens is 2. The van der Waals surface area contributed by atoms with Gasteiger partial charge >= 0.3 is 5.69 Å². The summed E-state index contributed by atoms with van der Waals surface area (Å²) < 4.78 is 7.01. The minimum absolute atomic E-state index is 0.0126. The van der Waals surface area contributed by atoms with Crippen LogP contribution in [0.4, 0.5) is 11.4 Å². The Morgan fingerprint density at radius 2 is 2.28 bits per heavy atom. The normalized spacial score (nSPS) is 16.7. The van der Waals surface area contributed by atoms with Crippen LogP contribution in [-0.4, -0.2) is 60.0 Å². The predicted molar refractivity (Wildman–Crippen MR) is 112 cm³/mol. The Hall–Kier alpha value is -3.30. The van der Waals surface area contributed by atoms with E-state index in [0.717, 1.165) is 43.5 Å². The maximum Gasteiger partial charge on any atom is 0.306 e. The van der Waals surface area contributed by atoms with Crippen LogP contribution in [0.1, 0.15) is 13.3 Å². The second-order valence-corrected chi connectivity index (χ2v) is 6.73. The van der Waals surface area contributed by atoms with Gasteiger partial charge in [-0.3, -0.25) is 19.8 Å². The summed E-state index contributed by atoms with van der Waals surface area (Å²) in [7, 11) is 1.69. The number of hydrogen-bond acceptors (Lipinski definition) is 6. The van der Waals surface area contributed by atoms with Gasteiger partial charge in [-0.05, 0) is 25.5 Å². The third kappa shape index (κ3) is 5.37. The topological polar surface area (TPSA) is 110 Å². The van der Waals surface area contributed by atoms with Gasteiger partial charge in [0.25, 0.3) is 0 Å². The SMILES string of the molecule is CCNC(=NCCn1cc([N+](=O)[O-])cn1)NC1CCN(c2ccccc2OC)C1. The Kier molecular flexibility index (Phi) is 6.88. The van der Waals surface area contributed by atoms with E-state index < -0.39 is 4.92 Å². The van der Waals surface area contributed by atoms with E-state index in [1.165, 1.54) is 17.1 Å². The molecule has 1 fully saturated rings. The highest BCUT2D eigenvalue weighted by molar-refractivity contribution is 5.80. The smallest absolute Gasteiger partial charge is 0.306 e. The maximum atomic E-state index is 10.7. The number of hydrogen-bond donors (Lipinski definition) is 2. The van der Waals surface area contributed by atoms with Crippen molar-refractivity contribution in [3.63, 3.8) is 0 Å². The number of nitrogens with one attached hydrogen (secondary N) is 2. The molecule has 0 saturated carbocycles. The number of nitrogens with zero attached hydrogens (tertiary/aromatic N) is 5. The van der Waals surface area contributed by atoms with E-state index in [4.69, 9.17) is 4.74 Å².